The van der Waals surface area contributed by atoms with Crippen LogP contribution in [0.2, 0.25) is 0 Å². The third-order valence-corrected chi connectivity index (χ3v) is 3.51. The third kappa shape index (κ3) is 5.67. The second kappa shape index (κ2) is 9.19. The summed E-state index contributed by atoms with van der Waals surface area (Å²) in [6.07, 6.45) is 6.69. The van der Waals surface area contributed by atoms with Crippen molar-refractivity contribution in [1.29, 1.82) is 0 Å². The zero-order valence-corrected chi connectivity index (χ0v) is 13.4. The van der Waals surface area contributed by atoms with Gasteiger partial charge < -0.3 is 10.5 Å². The average molecular weight is 340 g/mol. The molecule has 2 heterocycles. The van der Waals surface area contributed by atoms with Crippen LogP contribution in [0, 0.1) is 6.92 Å². The van der Waals surface area contributed by atoms with E-state index in [0.29, 0.717) is 5.11 Å². The minimum atomic E-state index is 0. The molecule has 6 heteroatoms. The molecule has 0 unspecified atom stereocenters. The molecular formula is C14H20CuN4S+2. The topological polar surface area (TPSA) is 42.6 Å². The Bertz CT molecular complexity index is 456. The summed E-state index contributed by atoms with van der Waals surface area (Å²) in [6, 6.07) is 5.84. The Labute approximate surface area is 136 Å². The van der Waals surface area contributed by atoms with Gasteiger partial charge in [0.15, 0.2) is 17.3 Å². The van der Waals surface area contributed by atoms with E-state index < -0.39 is 0 Å². The molecule has 0 aromatic carbocycles. The van der Waals surface area contributed by atoms with Gasteiger partial charge in [-0.25, -0.2) is 4.90 Å². The van der Waals surface area contributed by atoms with Crippen LogP contribution in [0.15, 0.2) is 23.3 Å². The van der Waals surface area contributed by atoms with E-state index in [-0.39, 0.29) is 17.1 Å². The Kier molecular flexibility index (Phi) is 7.92. The van der Waals surface area contributed by atoms with E-state index >= 15 is 0 Å². The van der Waals surface area contributed by atoms with Crippen molar-refractivity contribution < 1.29 is 17.1 Å². The smallest absolute Gasteiger partial charge is 0.515 e. The number of aryl methyl sites for hydroxylation is 1. The monoisotopic (exact) mass is 339 g/mol. The van der Waals surface area contributed by atoms with Crippen LogP contribution in [0.4, 0.5) is 0 Å². The van der Waals surface area contributed by atoms with E-state index in [4.69, 9.17) is 0 Å². The van der Waals surface area contributed by atoms with E-state index in [1.165, 1.54) is 25.7 Å². The van der Waals surface area contributed by atoms with Crippen LogP contribution >= 0.6 is 0 Å². The van der Waals surface area contributed by atoms with Crippen LogP contribution in [0.5, 0.6) is 0 Å². The van der Waals surface area contributed by atoms with Crippen molar-refractivity contribution in [2.24, 2.45) is 5.10 Å². The van der Waals surface area contributed by atoms with Crippen LogP contribution in [0.3, 0.4) is 0 Å². The molecule has 0 atom stereocenters. The molecule has 1 aliphatic rings. The molecule has 0 N–H and O–H groups in total. The standard InChI is InChI=1S/C14H20N4S.Cu/c1-12-7-6-8-13(16-12)11-15-17-14(19)18-9-4-2-3-5-10-18;/h6-8,11H,2-5,9-10H2,1H3,(H,16,17,19);/q;+2. The number of pyridine rings is 1. The third-order valence-electron chi connectivity index (χ3n) is 3.14. The Morgan fingerprint density at radius 3 is 2.65 bits per heavy atom. The molecule has 1 aliphatic heterocycles. The number of thiol groups is 1. The fourth-order valence-corrected chi connectivity index (χ4v) is 2.36. The van der Waals surface area contributed by atoms with E-state index in [1.54, 1.807) is 6.21 Å². The summed E-state index contributed by atoms with van der Waals surface area (Å²) in [5, 5.41) is 4.77. The first-order valence-electron chi connectivity index (χ1n) is 6.74. The van der Waals surface area contributed by atoms with Gasteiger partial charge in [0.25, 0.3) is 0 Å². The van der Waals surface area contributed by atoms with Crippen LogP contribution in [-0.4, -0.2) is 34.3 Å². The summed E-state index contributed by atoms with van der Waals surface area (Å²) >= 11 is 4.43. The second-order valence-corrected chi connectivity index (χ2v) is 5.15. The number of nitrogens with zero attached hydrogens (tertiary/aromatic N) is 4. The molecule has 20 heavy (non-hydrogen) atoms. The van der Waals surface area contributed by atoms with Crippen molar-refractivity contribution in [3.05, 3.63) is 35.0 Å². The molecule has 1 saturated heterocycles. The number of rotatable bonds is 2. The van der Waals surface area contributed by atoms with Gasteiger partial charge >= 0.3 is 17.1 Å². The molecule has 1 aromatic rings. The van der Waals surface area contributed by atoms with Crippen molar-refractivity contribution in [2.75, 3.05) is 13.1 Å². The summed E-state index contributed by atoms with van der Waals surface area (Å²) < 4.78 is 0. The van der Waals surface area contributed by atoms with Crippen LogP contribution in [0.25, 0.3) is 5.43 Å². The Morgan fingerprint density at radius 2 is 2.00 bits per heavy atom. The van der Waals surface area contributed by atoms with Gasteiger partial charge in [0.2, 0.25) is 0 Å². The van der Waals surface area contributed by atoms with Crippen LogP contribution in [-0.2, 0) is 29.3 Å². The molecule has 0 spiro atoms. The van der Waals surface area contributed by atoms with Crippen molar-refractivity contribution in [2.45, 2.75) is 32.6 Å². The maximum atomic E-state index is 4.43. The summed E-state index contributed by atoms with van der Waals surface area (Å²) in [5.74, 6) is 0. The molecule has 1 aromatic heterocycles. The zero-order chi connectivity index (χ0) is 13.5. The summed E-state index contributed by atoms with van der Waals surface area (Å²) in [7, 11) is 0. The van der Waals surface area contributed by atoms with Gasteiger partial charge in [0.05, 0.1) is 5.69 Å². The van der Waals surface area contributed by atoms with Crippen molar-refractivity contribution in [3.8, 4) is 0 Å². The average Bonchev–Trinajstić information content (AvgIpc) is 2.67. The van der Waals surface area contributed by atoms with Crippen molar-refractivity contribution in [1.82, 2.24) is 9.88 Å². The van der Waals surface area contributed by atoms with Crippen LogP contribution in [0.1, 0.15) is 37.1 Å². The summed E-state index contributed by atoms with van der Waals surface area (Å²) in [5.41, 5.74) is 5.95. The number of hydrogen-bond acceptors (Lipinski definition) is 2. The Morgan fingerprint density at radius 1 is 1.30 bits per heavy atom. The van der Waals surface area contributed by atoms with Crippen LogP contribution < -0.4 is 0 Å². The van der Waals surface area contributed by atoms with E-state index in [0.717, 1.165) is 24.5 Å². The van der Waals surface area contributed by atoms with Gasteiger partial charge in [0.1, 0.15) is 0 Å². The molecular weight excluding hydrogens is 320 g/mol. The minimum absolute atomic E-state index is 0. The second-order valence-electron chi connectivity index (χ2n) is 4.75. The molecule has 0 bridgehead atoms. The van der Waals surface area contributed by atoms with Crippen molar-refractivity contribution in [3.63, 3.8) is 0 Å². The van der Waals surface area contributed by atoms with Crippen molar-refractivity contribution >= 4 is 23.5 Å². The van der Waals surface area contributed by atoms with E-state index in [1.807, 2.05) is 25.1 Å². The summed E-state index contributed by atoms with van der Waals surface area (Å²) in [6.45, 7) is 4.02. The Hall–Kier alpha value is -0.811. The van der Waals surface area contributed by atoms with E-state index in [9.17, 15) is 0 Å². The first kappa shape index (κ1) is 17.2. The quantitative estimate of drug-likeness (QED) is 0.207. The van der Waals surface area contributed by atoms with Gasteiger partial charge in [-0.2, -0.15) is 0 Å². The number of likely N-dealkylation sites (tertiary alicyclic amines) is 1. The van der Waals surface area contributed by atoms with Gasteiger partial charge in [-0.15, -0.1) is 0 Å². The first-order chi connectivity index (χ1) is 9.25. The molecule has 2 rings (SSSR count). The van der Waals surface area contributed by atoms with Gasteiger partial charge in [-0.3, -0.25) is 4.98 Å². The molecule has 1 radical (unpaired) electrons. The SMILES string of the molecule is Cc1cccc(C=N[N-]C(=[SH+])N2CCCCCC2)n1.[Cu+2]. The first-order valence-corrected chi connectivity index (χ1v) is 7.19. The largest absolute Gasteiger partial charge is 2.00 e. The molecule has 0 amide bonds. The minimum Gasteiger partial charge on any atom is -0.515 e. The van der Waals surface area contributed by atoms with E-state index in [2.05, 4.69) is 32.6 Å². The molecule has 111 valence electrons. The van der Waals surface area contributed by atoms with Gasteiger partial charge in [-0.05, 0) is 31.9 Å². The Balaban J connectivity index is 0.00000200. The fraction of sp³-hybridized carbons (Fsp3) is 0.500. The van der Waals surface area contributed by atoms with Gasteiger partial charge in [-0.1, -0.05) is 18.9 Å². The fourth-order valence-electron chi connectivity index (χ4n) is 2.11. The number of hydrogen-bond donors (Lipinski definition) is 0. The normalized spacial score (nSPS) is 16.4. The maximum absolute atomic E-state index is 4.43. The zero-order valence-electron chi connectivity index (χ0n) is 11.6. The molecule has 0 aliphatic carbocycles. The van der Waals surface area contributed by atoms with Gasteiger partial charge in [0, 0.05) is 25.0 Å². The maximum Gasteiger partial charge on any atom is 2.00 e. The summed E-state index contributed by atoms with van der Waals surface area (Å²) in [4.78, 5) is 6.53. The predicted octanol–water partition coefficient (Wildman–Crippen LogP) is 2.34. The molecule has 4 nitrogen and oxygen atoms in total. The number of aromatic nitrogens is 1. The molecule has 1 fully saturated rings. The molecule has 0 saturated carbocycles. The predicted molar refractivity (Wildman–Crippen MR) is 83.7 cm³/mol.